The molecule has 0 aromatic carbocycles. The Labute approximate surface area is 127 Å². The van der Waals surface area contributed by atoms with E-state index in [1.54, 1.807) is 0 Å². The molecule has 0 bridgehead atoms. The van der Waals surface area contributed by atoms with Gasteiger partial charge in [-0.3, -0.25) is 0 Å². The molecule has 2 aliphatic carbocycles. The molecule has 124 valence electrons. The van der Waals surface area contributed by atoms with Gasteiger partial charge in [-0.1, -0.05) is 33.6 Å². The number of nitrogens with one attached hydrogen (secondary N) is 1. The number of alkyl halides is 3. The Bertz CT molecular complexity index is 324. The molecule has 2 saturated carbocycles. The minimum atomic E-state index is -4.00. The van der Waals surface area contributed by atoms with Gasteiger partial charge in [0.2, 0.25) is 0 Å². The van der Waals surface area contributed by atoms with Crippen molar-refractivity contribution in [2.75, 3.05) is 0 Å². The van der Waals surface area contributed by atoms with Gasteiger partial charge in [-0.15, -0.1) is 0 Å². The zero-order valence-electron chi connectivity index (χ0n) is 13.6. The van der Waals surface area contributed by atoms with E-state index in [4.69, 9.17) is 0 Å². The normalized spacial score (nSPS) is 35.7. The first-order valence-corrected chi connectivity index (χ1v) is 8.50. The Morgan fingerprint density at radius 3 is 1.90 bits per heavy atom. The van der Waals surface area contributed by atoms with Gasteiger partial charge in [0.05, 0.1) is 5.92 Å². The van der Waals surface area contributed by atoms with E-state index < -0.39 is 12.1 Å². The second-order valence-corrected chi connectivity index (χ2v) is 8.12. The quantitative estimate of drug-likeness (QED) is 0.729. The molecule has 2 rings (SSSR count). The molecule has 0 heterocycles. The second kappa shape index (κ2) is 6.47. The molecule has 2 unspecified atom stereocenters. The maximum atomic E-state index is 12.7. The van der Waals surface area contributed by atoms with Crippen LogP contribution in [0.5, 0.6) is 0 Å². The van der Waals surface area contributed by atoms with Crippen molar-refractivity contribution >= 4 is 0 Å². The van der Waals surface area contributed by atoms with Gasteiger partial charge in [0.1, 0.15) is 0 Å². The van der Waals surface area contributed by atoms with Crippen LogP contribution >= 0.6 is 0 Å². The molecule has 1 nitrogen and oxygen atoms in total. The van der Waals surface area contributed by atoms with Crippen molar-refractivity contribution in [3.63, 3.8) is 0 Å². The molecule has 21 heavy (non-hydrogen) atoms. The van der Waals surface area contributed by atoms with Crippen LogP contribution in [0.3, 0.4) is 0 Å². The van der Waals surface area contributed by atoms with E-state index in [9.17, 15) is 13.2 Å². The van der Waals surface area contributed by atoms with Crippen molar-refractivity contribution in [1.82, 2.24) is 5.32 Å². The fourth-order valence-corrected chi connectivity index (χ4v) is 4.26. The first kappa shape index (κ1) is 17.1. The van der Waals surface area contributed by atoms with Crippen molar-refractivity contribution in [2.24, 2.45) is 17.3 Å². The lowest BCUT2D eigenvalue weighted by atomic mass is 9.69. The average molecular weight is 305 g/mol. The third kappa shape index (κ3) is 4.61. The van der Waals surface area contributed by atoms with Crippen LogP contribution in [0.15, 0.2) is 0 Å². The summed E-state index contributed by atoms with van der Waals surface area (Å²) in [6.45, 7) is 6.87. The van der Waals surface area contributed by atoms with E-state index >= 15 is 0 Å². The molecule has 2 aliphatic rings. The van der Waals surface area contributed by atoms with Gasteiger partial charge in [-0.2, -0.15) is 13.2 Å². The summed E-state index contributed by atoms with van der Waals surface area (Å²) in [5, 5.41) is 3.72. The van der Waals surface area contributed by atoms with E-state index in [-0.39, 0.29) is 11.5 Å². The topological polar surface area (TPSA) is 12.0 Å². The molecule has 0 radical (unpaired) electrons. The third-order valence-electron chi connectivity index (χ3n) is 5.52. The number of rotatable bonds is 2. The van der Waals surface area contributed by atoms with Gasteiger partial charge in [0.25, 0.3) is 0 Å². The SMILES string of the molecule is CC(C)(C)C1CCCCC1NC1CCC(C(F)(F)F)CC1. The summed E-state index contributed by atoms with van der Waals surface area (Å²) < 4.78 is 38.2. The first-order valence-electron chi connectivity index (χ1n) is 8.50. The van der Waals surface area contributed by atoms with Crippen LogP contribution in [-0.4, -0.2) is 18.3 Å². The molecule has 0 saturated heterocycles. The smallest absolute Gasteiger partial charge is 0.311 e. The Hall–Kier alpha value is -0.250. The predicted octanol–water partition coefficient (Wildman–Crippen LogP) is 5.30. The van der Waals surface area contributed by atoms with Crippen LogP contribution in [0.25, 0.3) is 0 Å². The van der Waals surface area contributed by atoms with Crippen LogP contribution in [0.2, 0.25) is 0 Å². The van der Waals surface area contributed by atoms with Crippen LogP contribution in [-0.2, 0) is 0 Å². The Morgan fingerprint density at radius 2 is 1.38 bits per heavy atom. The highest BCUT2D eigenvalue weighted by Crippen LogP contribution is 2.40. The molecule has 2 atom stereocenters. The minimum Gasteiger partial charge on any atom is -0.311 e. The summed E-state index contributed by atoms with van der Waals surface area (Å²) in [6.07, 6.45) is 2.93. The van der Waals surface area contributed by atoms with Crippen LogP contribution in [0.4, 0.5) is 13.2 Å². The van der Waals surface area contributed by atoms with Gasteiger partial charge < -0.3 is 5.32 Å². The van der Waals surface area contributed by atoms with Gasteiger partial charge in [-0.05, 0) is 49.9 Å². The maximum absolute atomic E-state index is 12.7. The number of hydrogen-bond donors (Lipinski definition) is 1. The van der Waals surface area contributed by atoms with E-state index in [1.807, 2.05) is 0 Å². The van der Waals surface area contributed by atoms with Gasteiger partial charge in [-0.25, -0.2) is 0 Å². The van der Waals surface area contributed by atoms with E-state index in [2.05, 4.69) is 26.1 Å². The molecule has 2 fully saturated rings. The zero-order chi connectivity index (χ0) is 15.7. The fourth-order valence-electron chi connectivity index (χ4n) is 4.26. The molecule has 1 N–H and O–H groups in total. The number of hydrogen-bond acceptors (Lipinski definition) is 1. The largest absolute Gasteiger partial charge is 0.391 e. The highest BCUT2D eigenvalue weighted by Gasteiger charge is 2.42. The van der Waals surface area contributed by atoms with Crippen LogP contribution < -0.4 is 5.32 Å². The van der Waals surface area contributed by atoms with E-state index in [1.165, 1.54) is 25.7 Å². The van der Waals surface area contributed by atoms with Crippen LogP contribution in [0.1, 0.15) is 72.1 Å². The molecule has 0 aliphatic heterocycles. The standard InChI is InChI=1S/C17H30F3N/c1-16(2,3)14-6-4-5-7-15(14)21-13-10-8-12(9-11-13)17(18,19)20/h12-15,21H,4-11H2,1-3H3. The zero-order valence-corrected chi connectivity index (χ0v) is 13.6. The summed E-state index contributed by atoms with van der Waals surface area (Å²) >= 11 is 0. The minimum absolute atomic E-state index is 0.279. The first-order chi connectivity index (χ1) is 9.68. The van der Waals surface area contributed by atoms with Crippen LogP contribution in [0, 0.1) is 17.3 Å². The summed E-state index contributed by atoms with van der Waals surface area (Å²) in [5.74, 6) is -0.424. The lowest BCUT2D eigenvalue weighted by Gasteiger charge is -2.43. The van der Waals surface area contributed by atoms with E-state index in [0.717, 1.165) is 0 Å². The summed E-state index contributed by atoms with van der Waals surface area (Å²) in [7, 11) is 0. The molecule has 0 amide bonds. The van der Waals surface area contributed by atoms with Crippen molar-refractivity contribution < 1.29 is 13.2 Å². The molecule has 0 aromatic heterocycles. The van der Waals surface area contributed by atoms with Crippen molar-refractivity contribution in [1.29, 1.82) is 0 Å². The average Bonchev–Trinajstić information content (AvgIpc) is 2.37. The van der Waals surface area contributed by atoms with Gasteiger partial charge in [0.15, 0.2) is 0 Å². The van der Waals surface area contributed by atoms with Gasteiger partial charge >= 0.3 is 6.18 Å². The maximum Gasteiger partial charge on any atom is 0.391 e. The molecule has 0 aromatic rings. The summed E-state index contributed by atoms with van der Waals surface area (Å²) in [6, 6.07) is 0.780. The molecule has 4 heteroatoms. The molecule has 0 spiro atoms. The highest BCUT2D eigenvalue weighted by molar-refractivity contribution is 4.91. The van der Waals surface area contributed by atoms with Crippen molar-refractivity contribution in [3.8, 4) is 0 Å². The predicted molar refractivity (Wildman–Crippen MR) is 80.1 cm³/mol. The molecular formula is C17H30F3N. The van der Waals surface area contributed by atoms with E-state index in [0.29, 0.717) is 37.6 Å². The Morgan fingerprint density at radius 1 is 0.810 bits per heavy atom. The molecular weight excluding hydrogens is 275 g/mol. The number of halogens is 3. The highest BCUT2D eigenvalue weighted by atomic mass is 19.4. The fraction of sp³-hybridized carbons (Fsp3) is 1.00. The van der Waals surface area contributed by atoms with Crippen molar-refractivity contribution in [3.05, 3.63) is 0 Å². The van der Waals surface area contributed by atoms with Gasteiger partial charge in [0, 0.05) is 12.1 Å². The lowest BCUT2D eigenvalue weighted by Crippen LogP contribution is -2.49. The van der Waals surface area contributed by atoms with Crippen molar-refractivity contribution in [2.45, 2.75) is 90.4 Å². The summed E-state index contributed by atoms with van der Waals surface area (Å²) in [5.41, 5.74) is 0.279. The Balaban J connectivity index is 1.87. The Kier molecular flexibility index (Phi) is 5.27. The lowest BCUT2D eigenvalue weighted by molar-refractivity contribution is -0.183. The second-order valence-electron chi connectivity index (χ2n) is 8.12. The third-order valence-corrected chi connectivity index (χ3v) is 5.52. The summed E-state index contributed by atoms with van der Waals surface area (Å²) in [4.78, 5) is 0. The monoisotopic (exact) mass is 305 g/mol.